The molecule has 0 bridgehead atoms. The third-order valence-corrected chi connectivity index (χ3v) is 4.80. The fourth-order valence-corrected chi connectivity index (χ4v) is 3.72. The first-order chi connectivity index (χ1) is 9.97. The van der Waals surface area contributed by atoms with Crippen LogP contribution in [0, 0.1) is 0 Å². The maximum absolute atomic E-state index is 11.6. The van der Waals surface area contributed by atoms with E-state index in [9.17, 15) is 5.11 Å². The van der Waals surface area contributed by atoms with Crippen LogP contribution in [0.25, 0.3) is 0 Å². The standard InChI is InChI=1S/C17H28N2O2/c1-18-16(13-19(2)3)10-5-6-11-17(16,20)14-8-7-9-15(12-14)21-4/h7-9,12,18,20H,5-6,10-11,13H2,1-4H3. The van der Waals surface area contributed by atoms with Crippen molar-refractivity contribution in [2.24, 2.45) is 0 Å². The Kier molecular flexibility index (Phi) is 4.91. The van der Waals surface area contributed by atoms with Gasteiger partial charge in [-0.3, -0.25) is 0 Å². The van der Waals surface area contributed by atoms with E-state index in [0.717, 1.165) is 43.5 Å². The van der Waals surface area contributed by atoms with Crippen molar-refractivity contribution in [1.29, 1.82) is 0 Å². The van der Waals surface area contributed by atoms with E-state index in [4.69, 9.17) is 4.74 Å². The summed E-state index contributed by atoms with van der Waals surface area (Å²) >= 11 is 0. The number of methoxy groups -OCH3 is 1. The fraction of sp³-hybridized carbons (Fsp3) is 0.647. The largest absolute Gasteiger partial charge is 0.497 e. The Morgan fingerprint density at radius 2 is 2.00 bits per heavy atom. The molecule has 0 saturated heterocycles. The molecule has 118 valence electrons. The predicted octanol–water partition coefficient (Wildman–Crippen LogP) is 1.98. The number of ether oxygens (including phenoxy) is 1. The molecule has 1 saturated carbocycles. The zero-order chi connectivity index (χ0) is 15.5. The Morgan fingerprint density at radius 1 is 1.29 bits per heavy atom. The van der Waals surface area contributed by atoms with E-state index >= 15 is 0 Å². The molecule has 2 unspecified atom stereocenters. The third-order valence-electron chi connectivity index (χ3n) is 4.80. The Balaban J connectivity index is 2.47. The second-order valence-electron chi connectivity index (χ2n) is 6.37. The van der Waals surface area contributed by atoms with Gasteiger partial charge < -0.3 is 20.1 Å². The molecule has 0 amide bonds. The summed E-state index contributed by atoms with van der Waals surface area (Å²) < 4.78 is 5.33. The molecule has 0 aromatic heterocycles. The molecule has 0 radical (unpaired) electrons. The molecule has 1 fully saturated rings. The van der Waals surface area contributed by atoms with Crippen molar-refractivity contribution >= 4 is 0 Å². The molecule has 1 aromatic rings. The number of rotatable bonds is 5. The SMILES string of the molecule is CNC1(CN(C)C)CCCCC1(O)c1cccc(OC)c1. The second kappa shape index (κ2) is 6.34. The van der Waals surface area contributed by atoms with Crippen LogP contribution >= 0.6 is 0 Å². The van der Waals surface area contributed by atoms with Crippen LogP contribution in [0.4, 0.5) is 0 Å². The molecule has 1 aliphatic rings. The zero-order valence-corrected chi connectivity index (χ0v) is 13.6. The molecule has 21 heavy (non-hydrogen) atoms. The van der Waals surface area contributed by atoms with Gasteiger partial charge in [0.2, 0.25) is 0 Å². The summed E-state index contributed by atoms with van der Waals surface area (Å²) in [6.07, 6.45) is 3.93. The maximum atomic E-state index is 11.6. The molecule has 0 aliphatic heterocycles. The van der Waals surface area contributed by atoms with E-state index in [2.05, 4.69) is 24.3 Å². The normalized spacial score (nSPS) is 29.6. The first-order valence-corrected chi connectivity index (χ1v) is 7.68. The van der Waals surface area contributed by atoms with E-state index in [-0.39, 0.29) is 5.54 Å². The van der Waals surface area contributed by atoms with Crippen molar-refractivity contribution in [3.8, 4) is 5.75 Å². The highest BCUT2D eigenvalue weighted by Crippen LogP contribution is 2.45. The molecule has 1 aromatic carbocycles. The van der Waals surface area contributed by atoms with Gasteiger partial charge in [-0.15, -0.1) is 0 Å². The monoisotopic (exact) mass is 292 g/mol. The number of likely N-dealkylation sites (N-methyl/N-ethyl adjacent to an activating group) is 2. The quantitative estimate of drug-likeness (QED) is 0.871. The smallest absolute Gasteiger partial charge is 0.119 e. The van der Waals surface area contributed by atoms with Gasteiger partial charge in [-0.05, 0) is 51.7 Å². The Labute approximate surface area is 128 Å². The minimum absolute atomic E-state index is 0.332. The van der Waals surface area contributed by atoms with Crippen LogP contribution in [0.1, 0.15) is 31.2 Å². The summed E-state index contributed by atoms with van der Waals surface area (Å²) in [5, 5.41) is 15.0. The average Bonchev–Trinajstić information content (AvgIpc) is 2.49. The van der Waals surface area contributed by atoms with Gasteiger partial charge in [-0.1, -0.05) is 25.0 Å². The van der Waals surface area contributed by atoms with Gasteiger partial charge in [0.25, 0.3) is 0 Å². The van der Waals surface area contributed by atoms with E-state index in [1.54, 1.807) is 7.11 Å². The fourth-order valence-electron chi connectivity index (χ4n) is 3.72. The molecule has 2 N–H and O–H groups in total. The van der Waals surface area contributed by atoms with Crippen LogP contribution in [0.15, 0.2) is 24.3 Å². The van der Waals surface area contributed by atoms with Gasteiger partial charge in [-0.2, -0.15) is 0 Å². The van der Waals surface area contributed by atoms with Crippen molar-refractivity contribution in [3.63, 3.8) is 0 Å². The molecule has 2 rings (SSSR count). The van der Waals surface area contributed by atoms with E-state index in [0.29, 0.717) is 0 Å². The molecule has 4 nitrogen and oxygen atoms in total. The molecular weight excluding hydrogens is 264 g/mol. The van der Waals surface area contributed by atoms with Crippen molar-refractivity contribution in [3.05, 3.63) is 29.8 Å². The summed E-state index contributed by atoms with van der Waals surface area (Å²) in [5.74, 6) is 0.793. The van der Waals surface area contributed by atoms with Crippen LogP contribution in [0.2, 0.25) is 0 Å². The highest BCUT2D eigenvalue weighted by molar-refractivity contribution is 5.36. The molecule has 0 heterocycles. The minimum Gasteiger partial charge on any atom is -0.497 e. The van der Waals surface area contributed by atoms with E-state index in [1.807, 2.05) is 31.3 Å². The zero-order valence-electron chi connectivity index (χ0n) is 13.6. The minimum atomic E-state index is -0.876. The molecule has 0 spiro atoms. The van der Waals surface area contributed by atoms with Crippen LogP contribution < -0.4 is 10.1 Å². The van der Waals surface area contributed by atoms with Crippen LogP contribution in [0.5, 0.6) is 5.75 Å². The lowest BCUT2D eigenvalue weighted by Gasteiger charge is -2.52. The number of nitrogens with one attached hydrogen (secondary N) is 1. The second-order valence-corrected chi connectivity index (χ2v) is 6.37. The van der Waals surface area contributed by atoms with Crippen LogP contribution in [0.3, 0.4) is 0 Å². The Hall–Kier alpha value is -1.10. The summed E-state index contributed by atoms with van der Waals surface area (Å²) in [5.41, 5.74) is -0.266. The summed E-state index contributed by atoms with van der Waals surface area (Å²) in [6.45, 7) is 0.803. The van der Waals surface area contributed by atoms with Gasteiger partial charge in [-0.25, -0.2) is 0 Å². The Morgan fingerprint density at radius 3 is 2.62 bits per heavy atom. The lowest BCUT2D eigenvalue weighted by atomic mass is 9.65. The highest BCUT2D eigenvalue weighted by atomic mass is 16.5. The summed E-state index contributed by atoms with van der Waals surface area (Å²) in [4.78, 5) is 2.15. The number of hydrogen-bond donors (Lipinski definition) is 2. The molecule has 1 aliphatic carbocycles. The van der Waals surface area contributed by atoms with Crippen LogP contribution in [-0.4, -0.2) is 50.3 Å². The lowest BCUT2D eigenvalue weighted by molar-refractivity contribution is -0.0942. The van der Waals surface area contributed by atoms with Gasteiger partial charge in [0.15, 0.2) is 0 Å². The van der Waals surface area contributed by atoms with E-state index in [1.165, 1.54) is 0 Å². The highest BCUT2D eigenvalue weighted by Gasteiger charge is 2.52. The van der Waals surface area contributed by atoms with Crippen molar-refractivity contribution in [1.82, 2.24) is 10.2 Å². The van der Waals surface area contributed by atoms with Crippen LogP contribution in [-0.2, 0) is 5.60 Å². The summed E-state index contributed by atoms with van der Waals surface area (Å²) in [7, 11) is 7.73. The van der Waals surface area contributed by atoms with Crippen molar-refractivity contribution in [2.45, 2.75) is 36.8 Å². The topological polar surface area (TPSA) is 44.7 Å². The predicted molar refractivity (Wildman–Crippen MR) is 85.7 cm³/mol. The average molecular weight is 292 g/mol. The van der Waals surface area contributed by atoms with E-state index < -0.39 is 5.60 Å². The Bertz CT molecular complexity index is 478. The first kappa shape index (κ1) is 16.3. The molecular formula is C17H28N2O2. The maximum Gasteiger partial charge on any atom is 0.119 e. The molecule has 2 atom stereocenters. The van der Waals surface area contributed by atoms with Crippen molar-refractivity contribution < 1.29 is 9.84 Å². The third kappa shape index (κ3) is 2.93. The lowest BCUT2D eigenvalue weighted by Crippen LogP contribution is -2.65. The number of benzene rings is 1. The number of nitrogens with zero attached hydrogens (tertiary/aromatic N) is 1. The van der Waals surface area contributed by atoms with Gasteiger partial charge >= 0.3 is 0 Å². The van der Waals surface area contributed by atoms with Gasteiger partial charge in [0.1, 0.15) is 11.4 Å². The first-order valence-electron chi connectivity index (χ1n) is 7.68. The van der Waals surface area contributed by atoms with Gasteiger partial charge in [0.05, 0.1) is 12.6 Å². The number of hydrogen-bond acceptors (Lipinski definition) is 4. The number of aliphatic hydroxyl groups is 1. The summed E-state index contributed by atoms with van der Waals surface area (Å²) in [6, 6.07) is 7.85. The van der Waals surface area contributed by atoms with Crippen molar-refractivity contribution in [2.75, 3.05) is 34.8 Å². The molecule has 4 heteroatoms. The van der Waals surface area contributed by atoms with Gasteiger partial charge in [0, 0.05) is 6.54 Å².